The first-order valence-corrected chi connectivity index (χ1v) is 8.72. The number of nitrogens with two attached hydrogens (primary N) is 1. The molecule has 5 nitrogen and oxygen atoms in total. The fourth-order valence-corrected chi connectivity index (χ4v) is 2.97. The van der Waals surface area contributed by atoms with Crippen molar-refractivity contribution in [3.05, 3.63) is 28.0 Å². The molecule has 1 aromatic rings. The second-order valence-corrected chi connectivity index (χ2v) is 7.48. The van der Waals surface area contributed by atoms with Crippen LogP contribution in [0.3, 0.4) is 0 Å². The second kappa shape index (κ2) is 6.41. The zero-order chi connectivity index (χ0) is 16.4. The van der Waals surface area contributed by atoms with Crippen LogP contribution in [-0.2, 0) is 10.0 Å². The smallest absolute Gasteiger partial charge is 0.254 e. The number of benzene rings is 1. The average molecular weight is 381 g/mol. The number of hydrogen-bond acceptors (Lipinski definition) is 3. The summed E-state index contributed by atoms with van der Waals surface area (Å²) in [5, 5.41) is 7.68. The van der Waals surface area contributed by atoms with Crippen molar-refractivity contribution in [3.63, 3.8) is 0 Å². The number of sulfonamides is 1. The highest BCUT2D eigenvalue weighted by atomic mass is 79.9. The van der Waals surface area contributed by atoms with Gasteiger partial charge in [0.25, 0.3) is 5.91 Å². The first-order chi connectivity index (χ1) is 9.54. The maximum Gasteiger partial charge on any atom is 0.254 e. The number of rotatable bonds is 5. The van der Waals surface area contributed by atoms with Gasteiger partial charge < -0.3 is 5.32 Å². The fourth-order valence-electron chi connectivity index (χ4n) is 1.70. The van der Waals surface area contributed by atoms with Crippen molar-refractivity contribution in [1.29, 1.82) is 0 Å². The molecule has 0 spiro atoms. The van der Waals surface area contributed by atoms with E-state index in [1.165, 1.54) is 6.07 Å². The maximum absolute atomic E-state index is 14.2. The third-order valence-corrected chi connectivity index (χ3v) is 4.90. The molecule has 118 valence electrons. The largest absolute Gasteiger partial charge is 0.347 e. The molecular formula is C13H18BrFN2O3S. The van der Waals surface area contributed by atoms with Crippen molar-refractivity contribution in [3.8, 4) is 0 Å². The lowest BCUT2D eigenvalue weighted by molar-refractivity contribution is 0.0896. The van der Waals surface area contributed by atoms with E-state index in [4.69, 9.17) is 5.14 Å². The van der Waals surface area contributed by atoms with Crippen LogP contribution >= 0.6 is 15.9 Å². The molecule has 1 aromatic carbocycles. The van der Waals surface area contributed by atoms with E-state index in [2.05, 4.69) is 21.2 Å². The zero-order valence-corrected chi connectivity index (χ0v) is 14.4. The Kier molecular flexibility index (Phi) is 5.51. The minimum absolute atomic E-state index is 0.257. The molecule has 1 rings (SSSR count). The summed E-state index contributed by atoms with van der Waals surface area (Å²) >= 11 is 3.06. The predicted octanol–water partition coefficient (Wildman–Crippen LogP) is 2.54. The molecule has 1 amide bonds. The number of carbonyl (C=O) groups is 1. The highest BCUT2D eigenvalue weighted by molar-refractivity contribution is 9.10. The molecule has 0 saturated carbocycles. The maximum atomic E-state index is 14.2. The van der Waals surface area contributed by atoms with E-state index in [-0.39, 0.29) is 10.0 Å². The molecule has 8 heteroatoms. The molecule has 0 heterocycles. The highest BCUT2D eigenvalue weighted by Crippen LogP contribution is 2.24. The van der Waals surface area contributed by atoms with E-state index in [1.807, 2.05) is 20.8 Å². The van der Waals surface area contributed by atoms with Gasteiger partial charge in [-0.3, -0.25) is 4.79 Å². The van der Waals surface area contributed by atoms with E-state index in [9.17, 15) is 17.6 Å². The van der Waals surface area contributed by atoms with Crippen LogP contribution < -0.4 is 10.5 Å². The van der Waals surface area contributed by atoms with Crippen molar-refractivity contribution < 1.29 is 17.6 Å². The minimum atomic E-state index is -4.25. The number of hydrogen-bond donors (Lipinski definition) is 2. The molecular weight excluding hydrogens is 363 g/mol. The van der Waals surface area contributed by atoms with Crippen molar-refractivity contribution in [2.24, 2.45) is 5.14 Å². The number of carbonyl (C=O) groups excluding carboxylic acids is 1. The van der Waals surface area contributed by atoms with Crippen molar-refractivity contribution in [1.82, 2.24) is 5.32 Å². The van der Waals surface area contributed by atoms with Crippen LogP contribution in [0.25, 0.3) is 0 Å². The van der Waals surface area contributed by atoms with Gasteiger partial charge in [0.15, 0.2) is 5.82 Å². The summed E-state index contributed by atoms with van der Waals surface area (Å²) in [6.07, 6.45) is 1.32. The summed E-state index contributed by atoms with van der Waals surface area (Å²) in [5.41, 5.74) is -0.852. The Morgan fingerprint density at radius 3 is 2.33 bits per heavy atom. The van der Waals surface area contributed by atoms with Crippen LogP contribution in [0, 0.1) is 5.82 Å². The number of nitrogens with one attached hydrogen (secondary N) is 1. The van der Waals surface area contributed by atoms with Crippen LogP contribution in [0.5, 0.6) is 0 Å². The lowest BCUT2D eigenvalue weighted by Crippen LogP contribution is -2.45. The monoisotopic (exact) mass is 380 g/mol. The minimum Gasteiger partial charge on any atom is -0.347 e. The van der Waals surface area contributed by atoms with Gasteiger partial charge in [-0.1, -0.05) is 29.8 Å². The fraction of sp³-hybridized carbons (Fsp3) is 0.462. The summed E-state index contributed by atoms with van der Waals surface area (Å²) in [6.45, 7) is 5.63. The Bertz CT molecular complexity index is 658. The molecule has 0 aliphatic heterocycles. The van der Waals surface area contributed by atoms with E-state index >= 15 is 0 Å². The quantitative estimate of drug-likeness (QED) is 0.822. The van der Waals surface area contributed by atoms with E-state index in [0.29, 0.717) is 12.8 Å². The molecule has 0 fully saturated rings. The van der Waals surface area contributed by atoms with E-state index in [1.54, 1.807) is 0 Å². The van der Waals surface area contributed by atoms with Gasteiger partial charge in [-0.25, -0.2) is 17.9 Å². The summed E-state index contributed by atoms with van der Waals surface area (Å²) in [7, 11) is -4.25. The van der Waals surface area contributed by atoms with Crippen LogP contribution in [0.4, 0.5) is 4.39 Å². The summed E-state index contributed by atoms with van der Waals surface area (Å²) in [6, 6.07) is 2.26. The Balaban J connectivity index is 3.32. The molecule has 0 saturated heterocycles. The first kappa shape index (κ1) is 18.1. The van der Waals surface area contributed by atoms with E-state index < -0.39 is 32.2 Å². The molecule has 0 aliphatic rings. The Hall–Kier alpha value is -0.990. The third kappa shape index (κ3) is 4.24. The van der Waals surface area contributed by atoms with Crippen LogP contribution in [0.2, 0.25) is 0 Å². The molecule has 0 aliphatic carbocycles. The normalized spacial score (nSPS) is 12.3. The summed E-state index contributed by atoms with van der Waals surface area (Å²) in [5.74, 6) is -1.82. The van der Waals surface area contributed by atoms with Crippen molar-refractivity contribution in [2.75, 3.05) is 0 Å². The Morgan fingerprint density at radius 2 is 1.90 bits per heavy atom. The lowest BCUT2D eigenvalue weighted by atomic mass is 9.95. The molecule has 0 bridgehead atoms. The summed E-state index contributed by atoms with van der Waals surface area (Å²) < 4.78 is 37.2. The Labute approximate surface area is 132 Å². The number of amides is 1. The first-order valence-electron chi connectivity index (χ1n) is 6.38. The predicted molar refractivity (Wildman–Crippen MR) is 81.9 cm³/mol. The third-order valence-electron chi connectivity index (χ3n) is 3.53. The van der Waals surface area contributed by atoms with Gasteiger partial charge in [-0.05, 0) is 31.9 Å². The number of halogens is 2. The van der Waals surface area contributed by atoms with Gasteiger partial charge in [0, 0.05) is 10.0 Å². The zero-order valence-electron chi connectivity index (χ0n) is 12.0. The standard InChI is InChI=1S/C13H18BrFN2O3S/c1-4-13(3,5-2)17-12(18)9-6-8(14)7-10(11(9)15)21(16,19)20/h6-7H,4-5H2,1-3H3,(H,17,18)(H2,16,19,20). The van der Waals surface area contributed by atoms with Crippen molar-refractivity contribution in [2.45, 2.75) is 44.0 Å². The molecule has 0 aromatic heterocycles. The Morgan fingerprint density at radius 1 is 1.38 bits per heavy atom. The molecule has 0 unspecified atom stereocenters. The SMILES string of the molecule is CCC(C)(CC)NC(=O)c1cc(Br)cc(S(N)(=O)=O)c1F. The number of primary sulfonamides is 1. The van der Waals surface area contributed by atoms with Crippen LogP contribution in [0.1, 0.15) is 44.0 Å². The van der Waals surface area contributed by atoms with Gasteiger partial charge in [-0.15, -0.1) is 0 Å². The molecule has 0 radical (unpaired) electrons. The topological polar surface area (TPSA) is 89.3 Å². The van der Waals surface area contributed by atoms with Crippen LogP contribution in [-0.4, -0.2) is 19.9 Å². The lowest BCUT2D eigenvalue weighted by Gasteiger charge is -2.28. The van der Waals surface area contributed by atoms with Gasteiger partial charge in [0.2, 0.25) is 10.0 Å². The van der Waals surface area contributed by atoms with Gasteiger partial charge in [0.05, 0.1) is 5.56 Å². The van der Waals surface area contributed by atoms with Gasteiger partial charge in [0.1, 0.15) is 4.90 Å². The second-order valence-electron chi connectivity index (χ2n) is 5.03. The molecule has 21 heavy (non-hydrogen) atoms. The average Bonchev–Trinajstić information content (AvgIpc) is 2.39. The van der Waals surface area contributed by atoms with E-state index in [0.717, 1.165) is 6.07 Å². The molecule has 3 N–H and O–H groups in total. The van der Waals surface area contributed by atoms with Crippen LogP contribution in [0.15, 0.2) is 21.5 Å². The van der Waals surface area contributed by atoms with Crippen molar-refractivity contribution >= 4 is 31.9 Å². The van der Waals surface area contributed by atoms with Gasteiger partial charge in [-0.2, -0.15) is 0 Å². The molecule has 0 atom stereocenters. The highest BCUT2D eigenvalue weighted by Gasteiger charge is 2.27. The summed E-state index contributed by atoms with van der Waals surface area (Å²) in [4.78, 5) is 11.5. The van der Waals surface area contributed by atoms with Gasteiger partial charge >= 0.3 is 0 Å².